The summed E-state index contributed by atoms with van der Waals surface area (Å²) < 4.78 is 10.5. The van der Waals surface area contributed by atoms with Crippen molar-refractivity contribution in [3.8, 4) is 0 Å². The molecule has 0 saturated carbocycles. The van der Waals surface area contributed by atoms with Crippen LogP contribution in [0.3, 0.4) is 0 Å². The van der Waals surface area contributed by atoms with Crippen molar-refractivity contribution < 1.29 is 14.3 Å². The van der Waals surface area contributed by atoms with Crippen LogP contribution < -0.4 is 0 Å². The van der Waals surface area contributed by atoms with Gasteiger partial charge in [0.15, 0.2) is 0 Å². The Morgan fingerprint density at radius 2 is 2.15 bits per heavy atom. The van der Waals surface area contributed by atoms with Gasteiger partial charge in [-0.25, -0.2) is 4.98 Å². The lowest BCUT2D eigenvalue weighted by Gasteiger charge is -2.31. The predicted molar refractivity (Wildman–Crippen MR) is 73.4 cm³/mol. The molecule has 2 rings (SSSR count). The molecule has 1 aromatic rings. The summed E-state index contributed by atoms with van der Waals surface area (Å²) in [7, 11) is 1.67. The molecule has 110 valence electrons. The third kappa shape index (κ3) is 4.25. The number of carbonyl (C=O) groups excluding carboxylic acids is 1. The standard InChI is InChI=1S/C14H21N3O3/c1-19-8-9-20-11-12-2-6-17(7-3-12)14(18)13-10-15-4-5-16-13/h4-5,10,12H,2-3,6-9,11H2,1H3. The molecule has 0 unspecified atom stereocenters. The van der Waals surface area contributed by atoms with Gasteiger partial charge in [0.1, 0.15) is 5.69 Å². The fourth-order valence-corrected chi connectivity index (χ4v) is 2.27. The molecule has 1 fully saturated rings. The second-order valence-electron chi connectivity index (χ2n) is 4.89. The molecular weight excluding hydrogens is 258 g/mol. The molecule has 1 aliphatic heterocycles. The largest absolute Gasteiger partial charge is 0.382 e. The molecule has 0 aliphatic carbocycles. The summed E-state index contributed by atoms with van der Waals surface area (Å²) in [5.41, 5.74) is 0.419. The Morgan fingerprint density at radius 1 is 1.35 bits per heavy atom. The van der Waals surface area contributed by atoms with Gasteiger partial charge in [-0.3, -0.25) is 9.78 Å². The number of hydrogen-bond acceptors (Lipinski definition) is 5. The van der Waals surface area contributed by atoms with E-state index < -0.39 is 0 Å². The maximum Gasteiger partial charge on any atom is 0.274 e. The highest BCUT2D eigenvalue weighted by Gasteiger charge is 2.24. The lowest BCUT2D eigenvalue weighted by Crippen LogP contribution is -2.39. The van der Waals surface area contributed by atoms with Crippen molar-refractivity contribution >= 4 is 5.91 Å². The minimum Gasteiger partial charge on any atom is -0.382 e. The zero-order chi connectivity index (χ0) is 14.2. The van der Waals surface area contributed by atoms with Crippen molar-refractivity contribution in [1.82, 2.24) is 14.9 Å². The van der Waals surface area contributed by atoms with E-state index in [1.807, 2.05) is 4.90 Å². The molecule has 0 aromatic carbocycles. The number of likely N-dealkylation sites (tertiary alicyclic amines) is 1. The summed E-state index contributed by atoms with van der Waals surface area (Å²) in [6.07, 6.45) is 6.57. The number of carbonyl (C=O) groups is 1. The van der Waals surface area contributed by atoms with Gasteiger partial charge in [-0.1, -0.05) is 0 Å². The Morgan fingerprint density at radius 3 is 2.80 bits per heavy atom. The van der Waals surface area contributed by atoms with E-state index in [4.69, 9.17) is 9.47 Å². The molecule has 0 radical (unpaired) electrons. The molecule has 1 saturated heterocycles. The van der Waals surface area contributed by atoms with Crippen LogP contribution in [-0.2, 0) is 9.47 Å². The van der Waals surface area contributed by atoms with Crippen LogP contribution in [0.5, 0.6) is 0 Å². The lowest BCUT2D eigenvalue weighted by atomic mass is 9.97. The second kappa shape index (κ2) is 7.91. The molecule has 1 aliphatic rings. The third-order valence-corrected chi connectivity index (χ3v) is 3.47. The molecule has 6 nitrogen and oxygen atoms in total. The van der Waals surface area contributed by atoms with Gasteiger partial charge in [0.2, 0.25) is 0 Å². The second-order valence-corrected chi connectivity index (χ2v) is 4.89. The number of rotatable bonds is 6. The summed E-state index contributed by atoms with van der Waals surface area (Å²) in [5, 5.41) is 0. The van der Waals surface area contributed by atoms with Crippen LogP contribution in [0, 0.1) is 5.92 Å². The zero-order valence-corrected chi connectivity index (χ0v) is 11.8. The van der Waals surface area contributed by atoms with Crippen LogP contribution in [0.1, 0.15) is 23.3 Å². The number of aromatic nitrogens is 2. The first-order chi connectivity index (χ1) is 9.81. The molecule has 2 heterocycles. The molecule has 0 bridgehead atoms. The minimum absolute atomic E-state index is 0.0307. The third-order valence-electron chi connectivity index (χ3n) is 3.47. The van der Waals surface area contributed by atoms with Gasteiger partial charge in [-0.15, -0.1) is 0 Å². The highest BCUT2D eigenvalue weighted by atomic mass is 16.5. The maximum absolute atomic E-state index is 12.2. The van der Waals surface area contributed by atoms with E-state index in [1.165, 1.54) is 6.20 Å². The van der Waals surface area contributed by atoms with Crippen molar-refractivity contribution in [2.24, 2.45) is 5.92 Å². The predicted octanol–water partition coefficient (Wildman–Crippen LogP) is 0.992. The van der Waals surface area contributed by atoms with Gasteiger partial charge in [0, 0.05) is 39.2 Å². The minimum atomic E-state index is -0.0307. The quantitative estimate of drug-likeness (QED) is 0.727. The van der Waals surface area contributed by atoms with Crippen LogP contribution in [0.2, 0.25) is 0 Å². The molecule has 1 amide bonds. The van der Waals surface area contributed by atoms with Gasteiger partial charge in [0.05, 0.1) is 19.4 Å². The average molecular weight is 279 g/mol. The zero-order valence-electron chi connectivity index (χ0n) is 11.8. The van der Waals surface area contributed by atoms with E-state index in [-0.39, 0.29) is 5.91 Å². The molecule has 0 atom stereocenters. The summed E-state index contributed by atoms with van der Waals surface area (Å²) in [5.74, 6) is 0.495. The van der Waals surface area contributed by atoms with Crippen molar-refractivity contribution in [2.45, 2.75) is 12.8 Å². The van der Waals surface area contributed by atoms with Gasteiger partial charge in [-0.05, 0) is 18.8 Å². The summed E-state index contributed by atoms with van der Waals surface area (Å²) in [4.78, 5) is 22.0. The fraction of sp³-hybridized carbons (Fsp3) is 0.643. The number of hydrogen-bond donors (Lipinski definition) is 0. The van der Waals surface area contributed by atoms with Crippen molar-refractivity contribution in [3.05, 3.63) is 24.3 Å². The van der Waals surface area contributed by atoms with Crippen LogP contribution in [0.15, 0.2) is 18.6 Å². The smallest absolute Gasteiger partial charge is 0.274 e. The molecule has 20 heavy (non-hydrogen) atoms. The Kier molecular flexibility index (Phi) is 5.88. The Balaban J connectivity index is 1.73. The van der Waals surface area contributed by atoms with E-state index in [0.29, 0.717) is 24.8 Å². The molecule has 0 spiro atoms. The Bertz CT molecular complexity index is 405. The summed E-state index contributed by atoms with van der Waals surface area (Å²) >= 11 is 0. The number of amides is 1. The number of ether oxygens (including phenoxy) is 2. The van der Waals surface area contributed by atoms with Crippen LogP contribution in [0.25, 0.3) is 0 Å². The maximum atomic E-state index is 12.2. The molecule has 1 aromatic heterocycles. The molecule has 6 heteroatoms. The van der Waals surface area contributed by atoms with Crippen molar-refractivity contribution in [2.75, 3.05) is 40.0 Å². The Labute approximate surface area is 119 Å². The topological polar surface area (TPSA) is 64.6 Å². The van der Waals surface area contributed by atoms with E-state index in [0.717, 1.165) is 32.5 Å². The number of methoxy groups -OCH3 is 1. The van der Waals surface area contributed by atoms with E-state index >= 15 is 0 Å². The fourth-order valence-electron chi connectivity index (χ4n) is 2.27. The molecule has 0 N–H and O–H groups in total. The number of nitrogens with zero attached hydrogens (tertiary/aromatic N) is 3. The van der Waals surface area contributed by atoms with Crippen molar-refractivity contribution in [3.63, 3.8) is 0 Å². The number of piperidine rings is 1. The van der Waals surface area contributed by atoms with Gasteiger partial charge < -0.3 is 14.4 Å². The van der Waals surface area contributed by atoms with Crippen molar-refractivity contribution in [1.29, 1.82) is 0 Å². The Hall–Kier alpha value is -1.53. The van der Waals surface area contributed by atoms with Crippen LogP contribution in [0.4, 0.5) is 0 Å². The van der Waals surface area contributed by atoms with Crippen LogP contribution >= 0.6 is 0 Å². The van der Waals surface area contributed by atoms with E-state index in [1.54, 1.807) is 19.5 Å². The SMILES string of the molecule is COCCOCC1CCN(C(=O)c2cnccn2)CC1. The van der Waals surface area contributed by atoms with Gasteiger partial charge in [0.25, 0.3) is 5.91 Å². The first-order valence-electron chi connectivity index (χ1n) is 6.93. The highest BCUT2D eigenvalue weighted by molar-refractivity contribution is 5.91. The normalized spacial score (nSPS) is 16.4. The first kappa shape index (κ1) is 14.9. The van der Waals surface area contributed by atoms with Gasteiger partial charge in [-0.2, -0.15) is 0 Å². The monoisotopic (exact) mass is 279 g/mol. The summed E-state index contributed by atoms with van der Waals surface area (Å²) in [6.45, 7) is 3.53. The van der Waals surface area contributed by atoms with E-state index in [9.17, 15) is 4.79 Å². The highest BCUT2D eigenvalue weighted by Crippen LogP contribution is 2.18. The first-order valence-corrected chi connectivity index (χ1v) is 6.93. The molecular formula is C14H21N3O3. The summed E-state index contributed by atoms with van der Waals surface area (Å²) in [6, 6.07) is 0. The van der Waals surface area contributed by atoms with Crippen LogP contribution in [-0.4, -0.2) is 60.8 Å². The lowest BCUT2D eigenvalue weighted by molar-refractivity contribution is 0.0326. The van der Waals surface area contributed by atoms with Gasteiger partial charge >= 0.3 is 0 Å². The average Bonchev–Trinajstić information content (AvgIpc) is 2.52. The van der Waals surface area contributed by atoms with E-state index in [2.05, 4.69) is 9.97 Å².